The van der Waals surface area contributed by atoms with Gasteiger partial charge in [0.1, 0.15) is 6.10 Å². The van der Waals surface area contributed by atoms with Crippen molar-refractivity contribution in [1.82, 2.24) is 4.57 Å². The summed E-state index contributed by atoms with van der Waals surface area (Å²) in [4.78, 5) is 13.2. The van der Waals surface area contributed by atoms with Crippen LogP contribution in [0, 0.1) is 17.8 Å². The van der Waals surface area contributed by atoms with Crippen LogP contribution >= 0.6 is 15.9 Å². The molecule has 1 aliphatic rings. The maximum atomic E-state index is 13.2. The van der Waals surface area contributed by atoms with Crippen LogP contribution in [-0.4, -0.2) is 16.6 Å². The average molecular weight is 484 g/mol. The topological polar surface area (TPSA) is 35.1 Å². The molecule has 2 aromatic carbocycles. The van der Waals surface area contributed by atoms with Crippen molar-refractivity contribution in [2.24, 2.45) is 24.8 Å². The number of benzene rings is 2. The molecule has 0 saturated heterocycles. The van der Waals surface area contributed by atoms with E-state index in [4.69, 9.17) is 4.74 Å². The molecule has 1 unspecified atom stereocenters. The Labute approximate surface area is 193 Å². The predicted octanol–water partition coefficient (Wildman–Crippen LogP) is 5.90. The number of carbonyl (C=O) groups is 1. The molecule has 0 N–H and O–H groups in total. The maximum Gasteiger partial charge on any atom is 0.348 e. The van der Waals surface area contributed by atoms with E-state index in [-0.39, 0.29) is 18.6 Å². The lowest BCUT2D eigenvalue weighted by Gasteiger charge is -2.36. The van der Waals surface area contributed by atoms with E-state index < -0.39 is 0 Å². The summed E-state index contributed by atoms with van der Waals surface area (Å²) in [5, 5.41) is 0. The molecule has 0 spiro atoms. The summed E-state index contributed by atoms with van der Waals surface area (Å²) in [7, 11) is 2.05. The van der Waals surface area contributed by atoms with Crippen LogP contribution in [0.3, 0.4) is 0 Å². The third-order valence-corrected chi connectivity index (χ3v) is 7.27. The van der Waals surface area contributed by atoms with Gasteiger partial charge in [0.15, 0.2) is 17.6 Å². The van der Waals surface area contributed by atoms with E-state index >= 15 is 0 Å². The summed E-state index contributed by atoms with van der Waals surface area (Å²) in [6, 6.07) is 16.5. The lowest BCUT2D eigenvalue weighted by molar-refractivity contribution is -0.634. The summed E-state index contributed by atoms with van der Waals surface area (Å²) in [6.45, 7) is 6.96. The van der Waals surface area contributed by atoms with Crippen molar-refractivity contribution >= 4 is 32.9 Å². The molecular weight excluding hydrogens is 452 g/mol. The molecule has 0 bridgehead atoms. The standard InChI is InChI=1S/C26H32BrN2O2/c1-17(2)21-14-9-18(3)15-24(21)31-25(30)16-29-23-8-6-5-7-22(23)28(4)26(29)19-10-12-20(27)13-11-19/h5-8,10-13,17-18,21,24H,9,14-16H2,1-4H3/q+1/t18-,21+,24?/m1/s1. The van der Waals surface area contributed by atoms with Crippen LogP contribution in [0.15, 0.2) is 53.0 Å². The number of imidazole rings is 1. The molecule has 1 heterocycles. The van der Waals surface area contributed by atoms with Crippen molar-refractivity contribution in [2.75, 3.05) is 0 Å². The van der Waals surface area contributed by atoms with Crippen molar-refractivity contribution in [2.45, 2.75) is 52.7 Å². The third kappa shape index (κ3) is 4.57. The van der Waals surface area contributed by atoms with Crippen molar-refractivity contribution in [3.8, 4) is 11.4 Å². The van der Waals surface area contributed by atoms with Gasteiger partial charge in [-0.05, 0) is 67.0 Å². The largest absolute Gasteiger partial charge is 0.459 e. The third-order valence-electron chi connectivity index (χ3n) is 6.74. The highest BCUT2D eigenvalue weighted by atomic mass is 79.9. The Morgan fingerprint density at radius 1 is 1.16 bits per heavy atom. The van der Waals surface area contributed by atoms with Gasteiger partial charge in [-0.3, -0.25) is 0 Å². The highest BCUT2D eigenvalue weighted by molar-refractivity contribution is 9.10. The molecule has 164 valence electrons. The molecule has 3 aromatic rings. The number of nitrogens with zero attached hydrogens (tertiary/aromatic N) is 2. The number of ether oxygens (including phenoxy) is 1. The summed E-state index contributed by atoms with van der Waals surface area (Å²) in [5.74, 6) is 2.43. The number of rotatable bonds is 5. The van der Waals surface area contributed by atoms with Crippen LogP contribution in [0.5, 0.6) is 0 Å². The number of hydrogen-bond acceptors (Lipinski definition) is 2. The highest BCUT2D eigenvalue weighted by Gasteiger charge is 2.34. The predicted molar refractivity (Wildman–Crippen MR) is 127 cm³/mol. The van der Waals surface area contributed by atoms with Crippen molar-refractivity contribution in [3.63, 3.8) is 0 Å². The van der Waals surface area contributed by atoms with Crippen molar-refractivity contribution in [1.29, 1.82) is 0 Å². The van der Waals surface area contributed by atoms with E-state index in [1.165, 1.54) is 6.42 Å². The fourth-order valence-electron chi connectivity index (χ4n) is 5.08. The van der Waals surface area contributed by atoms with Crippen LogP contribution in [0.25, 0.3) is 22.4 Å². The van der Waals surface area contributed by atoms with Gasteiger partial charge in [-0.2, -0.15) is 0 Å². The van der Waals surface area contributed by atoms with E-state index in [0.717, 1.165) is 39.7 Å². The zero-order chi connectivity index (χ0) is 22.1. The van der Waals surface area contributed by atoms with Gasteiger partial charge < -0.3 is 4.74 Å². The second-order valence-corrected chi connectivity index (χ2v) is 10.2. The molecule has 4 rings (SSSR count). The summed E-state index contributed by atoms with van der Waals surface area (Å²) in [6.07, 6.45) is 3.35. The molecular formula is C26H32BrN2O2+. The molecule has 1 fully saturated rings. The molecule has 0 aliphatic heterocycles. The van der Waals surface area contributed by atoms with Crippen LogP contribution in [-0.2, 0) is 23.1 Å². The van der Waals surface area contributed by atoms with E-state index in [1.807, 2.05) is 24.3 Å². The second-order valence-electron chi connectivity index (χ2n) is 9.32. The lowest BCUT2D eigenvalue weighted by atomic mass is 9.75. The van der Waals surface area contributed by atoms with Crippen molar-refractivity contribution < 1.29 is 14.1 Å². The van der Waals surface area contributed by atoms with Crippen LogP contribution in [0.1, 0.15) is 40.0 Å². The van der Waals surface area contributed by atoms with E-state index in [0.29, 0.717) is 17.8 Å². The highest BCUT2D eigenvalue weighted by Crippen LogP contribution is 2.35. The van der Waals surface area contributed by atoms with Gasteiger partial charge in [0.05, 0.1) is 12.6 Å². The first-order chi connectivity index (χ1) is 14.8. The summed E-state index contributed by atoms with van der Waals surface area (Å²) < 4.78 is 11.4. The Morgan fingerprint density at radius 3 is 2.58 bits per heavy atom. The Balaban J connectivity index is 1.67. The Hall–Kier alpha value is -2.14. The Bertz CT molecular complexity index is 1070. The fraction of sp³-hybridized carbons (Fsp3) is 0.462. The monoisotopic (exact) mass is 483 g/mol. The molecule has 1 aliphatic carbocycles. The molecule has 4 nitrogen and oxygen atoms in total. The minimum absolute atomic E-state index is 0.0166. The van der Waals surface area contributed by atoms with Crippen molar-refractivity contribution in [3.05, 3.63) is 53.0 Å². The van der Waals surface area contributed by atoms with Gasteiger partial charge in [-0.25, -0.2) is 13.9 Å². The number of aryl methyl sites for hydroxylation is 1. The Kier molecular flexibility index (Phi) is 6.52. The normalized spacial score (nSPS) is 21.5. The number of carbonyl (C=O) groups excluding carboxylic acids is 1. The van der Waals surface area contributed by atoms with Gasteiger partial charge in [0, 0.05) is 4.47 Å². The number of fused-ring (bicyclic) bond motifs is 1. The van der Waals surface area contributed by atoms with Crippen LogP contribution in [0.4, 0.5) is 0 Å². The van der Waals surface area contributed by atoms with Crippen LogP contribution in [0.2, 0.25) is 0 Å². The number of aromatic nitrogens is 2. The zero-order valence-corrected chi connectivity index (χ0v) is 20.4. The summed E-state index contributed by atoms with van der Waals surface area (Å²) >= 11 is 3.52. The Morgan fingerprint density at radius 2 is 1.87 bits per heavy atom. The molecule has 1 saturated carbocycles. The fourth-order valence-corrected chi connectivity index (χ4v) is 5.34. The smallest absolute Gasteiger partial charge is 0.348 e. The van der Waals surface area contributed by atoms with E-state index in [1.54, 1.807) is 0 Å². The maximum absolute atomic E-state index is 13.2. The minimum Gasteiger partial charge on any atom is -0.459 e. The number of para-hydroxylation sites is 2. The first-order valence-corrected chi connectivity index (χ1v) is 12.1. The van der Waals surface area contributed by atoms with Gasteiger partial charge >= 0.3 is 5.97 Å². The molecule has 31 heavy (non-hydrogen) atoms. The quantitative estimate of drug-likeness (QED) is 0.334. The SMILES string of the molecule is CC(C)[C@@H]1CC[C@@H](C)CC1OC(=O)Cn1c(-c2ccc(Br)cc2)[n+](C)c2ccccc21. The molecule has 0 radical (unpaired) electrons. The van der Waals surface area contributed by atoms with Gasteiger partial charge in [0.25, 0.3) is 5.82 Å². The number of halogens is 1. The number of hydrogen-bond donors (Lipinski definition) is 0. The average Bonchev–Trinajstić information content (AvgIpc) is 3.00. The first-order valence-electron chi connectivity index (χ1n) is 11.3. The number of esters is 1. The van der Waals surface area contributed by atoms with Gasteiger partial charge in [-0.1, -0.05) is 55.3 Å². The molecule has 3 atom stereocenters. The minimum atomic E-state index is -0.149. The molecule has 0 amide bonds. The van der Waals surface area contributed by atoms with Gasteiger partial charge in [-0.15, -0.1) is 0 Å². The van der Waals surface area contributed by atoms with Gasteiger partial charge in [0.2, 0.25) is 0 Å². The lowest BCUT2D eigenvalue weighted by Crippen LogP contribution is -2.37. The van der Waals surface area contributed by atoms with E-state index in [9.17, 15) is 4.79 Å². The van der Waals surface area contributed by atoms with E-state index in [2.05, 4.69) is 77.1 Å². The molecule has 1 aromatic heterocycles. The first kappa shape index (κ1) is 22.1. The second kappa shape index (κ2) is 9.15. The van der Waals surface area contributed by atoms with Crippen LogP contribution < -0.4 is 4.57 Å². The summed E-state index contributed by atoms with van der Waals surface area (Å²) in [5.41, 5.74) is 3.21. The zero-order valence-electron chi connectivity index (χ0n) is 18.8. The molecule has 5 heteroatoms.